The lowest BCUT2D eigenvalue weighted by Gasteiger charge is -2.17. The highest BCUT2D eigenvalue weighted by molar-refractivity contribution is 9.11. The number of nitrogens with one attached hydrogen (secondary N) is 1. The predicted octanol–water partition coefficient (Wildman–Crippen LogP) is 4.46. The van der Waals surface area contributed by atoms with Crippen molar-refractivity contribution in [3.8, 4) is 0 Å². The highest BCUT2D eigenvalue weighted by atomic mass is 79.9. The van der Waals surface area contributed by atoms with E-state index in [0.717, 1.165) is 30.2 Å². The third-order valence-corrected chi connectivity index (χ3v) is 6.77. The monoisotopic (exact) mass is 423 g/mol. The first-order chi connectivity index (χ1) is 9.38. The molecule has 0 bridgehead atoms. The summed E-state index contributed by atoms with van der Waals surface area (Å²) in [5.41, 5.74) is 0. The summed E-state index contributed by atoms with van der Waals surface area (Å²) in [5, 5.41) is 0. The van der Waals surface area contributed by atoms with Crippen molar-refractivity contribution in [1.29, 1.82) is 0 Å². The molecule has 20 heavy (non-hydrogen) atoms. The van der Waals surface area contributed by atoms with E-state index < -0.39 is 10.0 Å². The lowest BCUT2D eigenvalue weighted by molar-refractivity contribution is 0.484. The maximum atomic E-state index is 12.5. The summed E-state index contributed by atoms with van der Waals surface area (Å²) in [6.45, 7) is 2.24. The molecule has 0 spiro atoms. The number of hydrogen-bond acceptors (Lipinski definition) is 2. The van der Waals surface area contributed by atoms with Crippen LogP contribution in [0.5, 0.6) is 0 Å². The van der Waals surface area contributed by atoms with Crippen molar-refractivity contribution in [1.82, 2.24) is 4.72 Å². The fourth-order valence-electron chi connectivity index (χ4n) is 2.57. The van der Waals surface area contributed by atoms with Crippen molar-refractivity contribution in [2.45, 2.75) is 50.0 Å². The van der Waals surface area contributed by atoms with Crippen molar-refractivity contribution in [3.63, 3.8) is 0 Å². The zero-order chi connectivity index (χ0) is 14.8. The van der Waals surface area contributed by atoms with E-state index in [1.165, 1.54) is 6.42 Å². The van der Waals surface area contributed by atoms with Crippen LogP contribution in [0.3, 0.4) is 0 Å². The van der Waals surface area contributed by atoms with E-state index >= 15 is 0 Å². The fourth-order valence-corrected chi connectivity index (χ4v) is 5.38. The molecule has 0 amide bonds. The molecule has 2 unspecified atom stereocenters. The Bertz CT molecular complexity index is 575. The average molecular weight is 425 g/mol. The van der Waals surface area contributed by atoms with Crippen molar-refractivity contribution >= 4 is 41.9 Å². The minimum Gasteiger partial charge on any atom is -0.208 e. The topological polar surface area (TPSA) is 46.2 Å². The SMILES string of the molecule is CC1CCCC(NS(=O)(=O)c2cc(Br)ccc2Br)CC1. The maximum absolute atomic E-state index is 12.5. The van der Waals surface area contributed by atoms with Gasteiger partial charge in [0.1, 0.15) is 0 Å². The Morgan fingerprint density at radius 2 is 1.90 bits per heavy atom. The quantitative estimate of drug-likeness (QED) is 0.728. The van der Waals surface area contributed by atoms with Crippen LogP contribution < -0.4 is 4.72 Å². The highest BCUT2D eigenvalue weighted by Gasteiger charge is 2.24. The zero-order valence-electron chi connectivity index (χ0n) is 11.4. The molecule has 6 heteroatoms. The van der Waals surface area contributed by atoms with Gasteiger partial charge in [-0.05, 0) is 59.3 Å². The minimum atomic E-state index is -3.47. The van der Waals surface area contributed by atoms with Gasteiger partial charge in [-0.25, -0.2) is 13.1 Å². The van der Waals surface area contributed by atoms with Crippen LogP contribution in [0.1, 0.15) is 39.0 Å². The molecule has 0 aliphatic heterocycles. The number of rotatable bonds is 3. The van der Waals surface area contributed by atoms with Crippen LogP contribution in [0.15, 0.2) is 32.0 Å². The van der Waals surface area contributed by atoms with Gasteiger partial charge in [0.15, 0.2) is 0 Å². The molecule has 2 rings (SSSR count). The Labute approximate surface area is 137 Å². The molecule has 1 aliphatic carbocycles. The molecule has 112 valence electrons. The van der Waals surface area contributed by atoms with Crippen LogP contribution in [0.25, 0.3) is 0 Å². The van der Waals surface area contributed by atoms with Gasteiger partial charge in [0.2, 0.25) is 10.0 Å². The van der Waals surface area contributed by atoms with E-state index in [9.17, 15) is 8.42 Å². The minimum absolute atomic E-state index is 0.0517. The van der Waals surface area contributed by atoms with Crippen LogP contribution in [-0.4, -0.2) is 14.5 Å². The van der Waals surface area contributed by atoms with Crippen LogP contribution in [0.2, 0.25) is 0 Å². The van der Waals surface area contributed by atoms with Gasteiger partial charge < -0.3 is 0 Å². The van der Waals surface area contributed by atoms with E-state index in [1.54, 1.807) is 12.1 Å². The zero-order valence-corrected chi connectivity index (χ0v) is 15.4. The van der Waals surface area contributed by atoms with Gasteiger partial charge in [-0.1, -0.05) is 35.7 Å². The number of sulfonamides is 1. The van der Waals surface area contributed by atoms with Gasteiger partial charge >= 0.3 is 0 Å². The summed E-state index contributed by atoms with van der Waals surface area (Å²) >= 11 is 6.64. The van der Waals surface area contributed by atoms with E-state index in [0.29, 0.717) is 15.3 Å². The molecular weight excluding hydrogens is 406 g/mol. The predicted molar refractivity (Wildman–Crippen MR) is 88.2 cm³/mol. The van der Waals surface area contributed by atoms with Gasteiger partial charge in [-0.3, -0.25) is 0 Å². The summed E-state index contributed by atoms with van der Waals surface area (Å²) in [5.74, 6) is 0.696. The molecule has 1 aromatic rings. The first-order valence-corrected chi connectivity index (χ1v) is 9.93. The van der Waals surface area contributed by atoms with E-state index in [2.05, 4.69) is 43.5 Å². The Kier molecular flexibility index (Phi) is 5.68. The largest absolute Gasteiger partial charge is 0.241 e. The Balaban J connectivity index is 2.16. The number of halogens is 2. The standard InChI is InChI=1S/C14H19Br2NO2S/c1-10-3-2-4-12(7-5-10)17-20(18,19)14-9-11(15)6-8-13(14)16/h6,8-10,12,17H,2-5,7H2,1H3. The van der Waals surface area contributed by atoms with Crippen LogP contribution in [0.4, 0.5) is 0 Å². The molecule has 1 N–H and O–H groups in total. The smallest absolute Gasteiger partial charge is 0.208 e. The summed E-state index contributed by atoms with van der Waals surface area (Å²) < 4.78 is 29.2. The molecule has 0 heterocycles. The molecular formula is C14H19Br2NO2S. The van der Waals surface area contributed by atoms with Gasteiger partial charge in [0.05, 0.1) is 4.90 Å². The van der Waals surface area contributed by atoms with Crippen molar-refractivity contribution in [3.05, 3.63) is 27.1 Å². The van der Waals surface area contributed by atoms with E-state index in [4.69, 9.17) is 0 Å². The highest BCUT2D eigenvalue weighted by Crippen LogP contribution is 2.28. The third kappa shape index (κ3) is 4.29. The maximum Gasteiger partial charge on any atom is 0.241 e. The third-order valence-electron chi connectivity index (χ3n) is 3.76. The Morgan fingerprint density at radius 3 is 2.65 bits per heavy atom. The second-order valence-corrected chi connectivity index (χ2v) is 8.96. The molecule has 1 fully saturated rings. The molecule has 0 saturated heterocycles. The summed E-state index contributed by atoms with van der Waals surface area (Å²) in [7, 11) is -3.47. The molecule has 3 nitrogen and oxygen atoms in total. The summed E-state index contributed by atoms with van der Waals surface area (Å²) in [6, 6.07) is 5.24. The van der Waals surface area contributed by atoms with Gasteiger partial charge in [0, 0.05) is 15.0 Å². The molecule has 1 aliphatic rings. The molecule has 2 atom stereocenters. The van der Waals surface area contributed by atoms with Crippen LogP contribution in [0, 0.1) is 5.92 Å². The Hall–Kier alpha value is 0.0900. The van der Waals surface area contributed by atoms with Crippen molar-refractivity contribution in [2.75, 3.05) is 0 Å². The van der Waals surface area contributed by atoms with Gasteiger partial charge in [0.25, 0.3) is 0 Å². The first-order valence-electron chi connectivity index (χ1n) is 6.86. The molecule has 1 aromatic carbocycles. The van der Waals surface area contributed by atoms with Crippen molar-refractivity contribution in [2.24, 2.45) is 5.92 Å². The number of hydrogen-bond donors (Lipinski definition) is 1. The summed E-state index contributed by atoms with van der Waals surface area (Å²) in [4.78, 5) is 0.296. The second kappa shape index (κ2) is 6.90. The Morgan fingerprint density at radius 1 is 1.15 bits per heavy atom. The average Bonchev–Trinajstić information content (AvgIpc) is 2.57. The van der Waals surface area contributed by atoms with Crippen LogP contribution >= 0.6 is 31.9 Å². The first kappa shape index (κ1) is 16.5. The van der Waals surface area contributed by atoms with Crippen LogP contribution in [-0.2, 0) is 10.0 Å². The lowest BCUT2D eigenvalue weighted by atomic mass is 10.0. The molecule has 0 radical (unpaired) electrons. The molecule has 0 aromatic heterocycles. The second-order valence-electron chi connectivity index (χ2n) is 5.51. The van der Waals surface area contributed by atoms with Gasteiger partial charge in [-0.2, -0.15) is 0 Å². The van der Waals surface area contributed by atoms with Gasteiger partial charge in [-0.15, -0.1) is 0 Å². The summed E-state index contributed by atoms with van der Waals surface area (Å²) in [6.07, 6.45) is 5.22. The lowest BCUT2D eigenvalue weighted by Crippen LogP contribution is -2.34. The normalized spacial score (nSPS) is 24.4. The number of benzene rings is 1. The van der Waals surface area contributed by atoms with E-state index in [-0.39, 0.29) is 6.04 Å². The fraction of sp³-hybridized carbons (Fsp3) is 0.571. The van der Waals surface area contributed by atoms with E-state index in [1.807, 2.05) is 6.07 Å². The van der Waals surface area contributed by atoms with Crippen molar-refractivity contribution < 1.29 is 8.42 Å². The molecule has 1 saturated carbocycles.